The second kappa shape index (κ2) is 9.40. The van der Waals surface area contributed by atoms with Crippen LogP contribution in [0.2, 0.25) is 0 Å². The molecule has 22 heavy (non-hydrogen) atoms. The molecule has 1 aromatic carbocycles. The smallest absolute Gasteiger partial charge is 0.237 e. The zero-order valence-corrected chi connectivity index (χ0v) is 13.1. The van der Waals surface area contributed by atoms with Crippen molar-refractivity contribution >= 4 is 24.2 Å². The Balaban J connectivity index is 0.00000242. The molecule has 1 aliphatic rings. The number of aliphatic hydroxyl groups excluding tert-OH is 1. The van der Waals surface area contributed by atoms with Crippen molar-refractivity contribution in [3.05, 3.63) is 35.9 Å². The number of hydrogen-bond acceptors (Lipinski definition) is 4. The van der Waals surface area contributed by atoms with Crippen molar-refractivity contribution in [2.24, 2.45) is 0 Å². The summed E-state index contributed by atoms with van der Waals surface area (Å²) in [5.41, 5.74) is 1.04. The van der Waals surface area contributed by atoms with Crippen LogP contribution in [0.25, 0.3) is 0 Å². The van der Waals surface area contributed by atoms with Crippen LogP contribution in [0.15, 0.2) is 30.3 Å². The fourth-order valence-corrected chi connectivity index (χ4v) is 2.22. The van der Waals surface area contributed by atoms with Gasteiger partial charge in [-0.3, -0.25) is 9.59 Å². The van der Waals surface area contributed by atoms with Crippen molar-refractivity contribution in [3.8, 4) is 0 Å². The first kappa shape index (κ1) is 18.4. The van der Waals surface area contributed by atoms with Gasteiger partial charge in [0.1, 0.15) is 0 Å². The second-order valence-electron chi connectivity index (χ2n) is 5.15. The maximum atomic E-state index is 11.7. The topological polar surface area (TPSA) is 90.5 Å². The molecule has 0 radical (unpaired) electrons. The van der Waals surface area contributed by atoms with Crippen LogP contribution in [-0.4, -0.2) is 42.2 Å². The molecule has 6 nitrogen and oxygen atoms in total. The van der Waals surface area contributed by atoms with Crippen molar-refractivity contribution in [2.45, 2.75) is 31.5 Å². The van der Waals surface area contributed by atoms with E-state index in [1.54, 1.807) is 0 Å². The molecule has 1 aliphatic heterocycles. The lowest BCUT2D eigenvalue weighted by molar-refractivity contribution is -0.123. The van der Waals surface area contributed by atoms with Crippen molar-refractivity contribution < 1.29 is 14.7 Å². The van der Waals surface area contributed by atoms with E-state index in [-0.39, 0.29) is 36.7 Å². The number of β-amino-alcohol motifs (C(OH)–C–C–N with tert-alkyl or cyclic N) is 1. The van der Waals surface area contributed by atoms with E-state index in [0.717, 1.165) is 5.56 Å². The third-order valence-electron chi connectivity index (χ3n) is 3.41. The van der Waals surface area contributed by atoms with E-state index < -0.39 is 6.10 Å². The predicted molar refractivity (Wildman–Crippen MR) is 85.6 cm³/mol. The summed E-state index contributed by atoms with van der Waals surface area (Å²) in [6.45, 7) is 1.23. The maximum absolute atomic E-state index is 11.7. The summed E-state index contributed by atoms with van der Waals surface area (Å²) < 4.78 is 0. The monoisotopic (exact) mass is 327 g/mol. The molecule has 2 rings (SSSR count). The minimum atomic E-state index is -0.463. The van der Waals surface area contributed by atoms with E-state index >= 15 is 0 Å². The Hall–Kier alpha value is -1.63. The molecule has 1 saturated heterocycles. The van der Waals surface area contributed by atoms with E-state index in [1.807, 2.05) is 30.3 Å². The van der Waals surface area contributed by atoms with Crippen molar-refractivity contribution in [1.29, 1.82) is 0 Å². The highest BCUT2D eigenvalue weighted by atomic mass is 35.5. The summed E-state index contributed by atoms with van der Waals surface area (Å²) in [5.74, 6) is -0.263. The number of halogens is 1. The molecule has 0 saturated carbocycles. The molecule has 1 fully saturated rings. The first-order valence-corrected chi connectivity index (χ1v) is 7.15. The molecular weight excluding hydrogens is 306 g/mol. The van der Waals surface area contributed by atoms with Gasteiger partial charge in [-0.1, -0.05) is 30.3 Å². The van der Waals surface area contributed by atoms with Crippen LogP contribution in [0, 0.1) is 0 Å². The summed E-state index contributed by atoms with van der Waals surface area (Å²) in [6, 6.07) is 9.30. The normalized spacial score (nSPS) is 20.0. The van der Waals surface area contributed by atoms with Crippen LogP contribution in [-0.2, 0) is 16.1 Å². The fourth-order valence-electron chi connectivity index (χ4n) is 2.22. The van der Waals surface area contributed by atoms with Crippen molar-refractivity contribution in [2.75, 3.05) is 13.1 Å². The SMILES string of the molecule is Cl.O=C(CCNC(=O)C1CC(O)CN1)NCc1ccccc1. The van der Waals surface area contributed by atoms with Crippen LogP contribution < -0.4 is 16.0 Å². The lowest BCUT2D eigenvalue weighted by Crippen LogP contribution is -2.41. The minimum Gasteiger partial charge on any atom is -0.392 e. The highest BCUT2D eigenvalue weighted by molar-refractivity contribution is 5.85. The standard InChI is InChI=1S/C15H21N3O3.ClH/c19-12-8-13(17-10-12)15(21)16-7-6-14(20)18-9-11-4-2-1-3-5-11;/h1-5,12-13,17,19H,6-10H2,(H,16,21)(H,18,20);1H. The van der Waals surface area contributed by atoms with Gasteiger partial charge < -0.3 is 21.1 Å². The van der Waals surface area contributed by atoms with Crippen molar-refractivity contribution in [1.82, 2.24) is 16.0 Å². The Kier molecular flexibility index (Phi) is 7.87. The number of aliphatic hydroxyl groups is 1. The Labute approximate surface area is 136 Å². The van der Waals surface area contributed by atoms with E-state index in [4.69, 9.17) is 0 Å². The molecule has 1 aromatic rings. The first-order chi connectivity index (χ1) is 10.1. The van der Waals surface area contributed by atoms with Gasteiger partial charge in [0.2, 0.25) is 11.8 Å². The number of hydrogen-bond donors (Lipinski definition) is 4. The van der Waals surface area contributed by atoms with Gasteiger partial charge in [0, 0.05) is 26.1 Å². The fraction of sp³-hybridized carbons (Fsp3) is 0.467. The van der Waals surface area contributed by atoms with Gasteiger partial charge in [0.15, 0.2) is 0 Å². The molecule has 0 aliphatic carbocycles. The Bertz CT molecular complexity index is 484. The predicted octanol–water partition coefficient (Wildman–Crippen LogP) is -0.0463. The van der Waals surface area contributed by atoms with Crippen LogP contribution >= 0.6 is 12.4 Å². The molecule has 122 valence electrons. The number of benzene rings is 1. The van der Waals surface area contributed by atoms with E-state index in [1.165, 1.54) is 0 Å². The highest BCUT2D eigenvalue weighted by Gasteiger charge is 2.27. The van der Waals surface area contributed by atoms with Gasteiger partial charge in [-0.25, -0.2) is 0 Å². The molecule has 0 aromatic heterocycles. The third kappa shape index (κ3) is 6.01. The van der Waals surface area contributed by atoms with E-state index in [9.17, 15) is 14.7 Å². The Morgan fingerprint density at radius 3 is 2.59 bits per heavy atom. The van der Waals surface area contributed by atoms with Gasteiger partial charge in [0.25, 0.3) is 0 Å². The molecule has 2 unspecified atom stereocenters. The van der Waals surface area contributed by atoms with Crippen LogP contribution in [0.1, 0.15) is 18.4 Å². The largest absolute Gasteiger partial charge is 0.392 e. The van der Waals surface area contributed by atoms with Gasteiger partial charge in [-0.05, 0) is 12.0 Å². The van der Waals surface area contributed by atoms with Gasteiger partial charge in [-0.2, -0.15) is 0 Å². The third-order valence-corrected chi connectivity index (χ3v) is 3.41. The molecule has 7 heteroatoms. The average molecular weight is 328 g/mol. The van der Waals surface area contributed by atoms with Gasteiger partial charge in [0.05, 0.1) is 12.1 Å². The lowest BCUT2D eigenvalue weighted by atomic mass is 10.2. The molecule has 2 atom stereocenters. The molecule has 4 N–H and O–H groups in total. The molecule has 1 heterocycles. The summed E-state index contributed by atoms with van der Waals surface area (Å²) in [5, 5.41) is 17.8. The van der Waals surface area contributed by atoms with Gasteiger partial charge >= 0.3 is 0 Å². The number of amides is 2. The lowest BCUT2D eigenvalue weighted by Gasteiger charge is -2.11. The number of rotatable bonds is 6. The Morgan fingerprint density at radius 2 is 1.95 bits per heavy atom. The summed E-state index contributed by atoms with van der Waals surface area (Å²) in [6.07, 6.45) is 0.204. The quantitative estimate of drug-likeness (QED) is 0.590. The first-order valence-electron chi connectivity index (χ1n) is 7.15. The zero-order chi connectivity index (χ0) is 15.1. The number of carbonyl (C=O) groups excluding carboxylic acids is 2. The molecule has 0 bridgehead atoms. The average Bonchev–Trinajstić information content (AvgIpc) is 2.93. The maximum Gasteiger partial charge on any atom is 0.237 e. The molecule has 0 spiro atoms. The molecular formula is C15H22ClN3O3. The van der Waals surface area contributed by atoms with E-state index in [2.05, 4.69) is 16.0 Å². The van der Waals surface area contributed by atoms with Crippen LogP contribution in [0.3, 0.4) is 0 Å². The van der Waals surface area contributed by atoms with Crippen molar-refractivity contribution in [3.63, 3.8) is 0 Å². The summed E-state index contributed by atoms with van der Waals surface area (Å²) in [4.78, 5) is 23.4. The Morgan fingerprint density at radius 1 is 1.23 bits per heavy atom. The summed E-state index contributed by atoms with van der Waals surface area (Å²) >= 11 is 0. The van der Waals surface area contributed by atoms with Crippen LogP contribution in [0.5, 0.6) is 0 Å². The molecule has 2 amide bonds. The van der Waals surface area contributed by atoms with Crippen LogP contribution in [0.4, 0.5) is 0 Å². The number of carbonyl (C=O) groups is 2. The minimum absolute atomic E-state index is 0. The van der Waals surface area contributed by atoms with Gasteiger partial charge in [-0.15, -0.1) is 12.4 Å². The number of nitrogens with one attached hydrogen (secondary N) is 3. The second-order valence-corrected chi connectivity index (χ2v) is 5.15. The zero-order valence-electron chi connectivity index (χ0n) is 12.2. The summed E-state index contributed by atoms with van der Waals surface area (Å²) in [7, 11) is 0. The highest BCUT2D eigenvalue weighted by Crippen LogP contribution is 2.05. The van der Waals surface area contributed by atoms with E-state index in [0.29, 0.717) is 26.1 Å².